The first-order chi connectivity index (χ1) is 7.09. The van der Waals surface area contributed by atoms with Crippen LogP contribution in [0.4, 0.5) is 0 Å². The molecule has 0 bridgehead atoms. The number of hydrogen-bond acceptors (Lipinski definition) is 2. The summed E-state index contributed by atoms with van der Waals surface area (Å²) in [6.45, 7) is 4.21. The number of hydrogen-bond donors (Lipinski definition) is 1. The Morgan fingerprint density at radius 3 is 2.67 bits per heavy atom. The van der Waals surface area contributed by atoms with Crippen LogP contribution in [0.1, 0.15) is 32.4 Å². The monoisotopic (exact) mass is 210 g/mol. The molecule has 3 heteroatoms. The lowest BCUT2D eigenvalue weighted by Crippen LogP contribution is -2.16. The van der Waals surface area contributed by atoms with E-state index in [0.717, 1.165) is 12.2 Å². The minimum Gasteiger partial charge on any atom is -0.481 e. The average molecular weight is 210 g/mol. The van der Waals surface area contributed by atoms with Gasteiger partial charge in [0.25, 0.3) is 0 Å². The molecule has 0 aromatic carbocycles. The number of carbonyl (C=O) groups is 1. The van der Waals surface area contributed by atoms with Gasteiger partial charge in [-0.1, -0.05) is 20.3 Å². The molecule has 1 aromatic heterocycles. The van der Waals surface area contributed by atoms with Crippen LogP contribution in [0.2, 0.25) is 0 Å². The zero-order valence-corrected chi connectivity index (χ0v) is 9.27. The summed E-state index contributed by atoms with van der Waals surface area (Å²) in [6, 6.07) is 3.61. The first kappa shape index (κ1) is 11.8. The van der Waals surface area contributed by atoms with E-state index in [1.165, 1.54) is 0 Å². The summed E-state index contributed by atoms with van der Waals surface area (Å²) in [5, 5.41) is 9.04. The molecule has 84 valence electrons. The normalized spacial score (nSPS) is 13.0. The maximum absolute atomic E-state index is 11.0. The second-order valence-corrected chi connectivity index (χ2v) is 4.29. The summed E-state index contributed by atoms with van der Waals surface area (Å²) < 4.78 is 5.16. The molecule has 1 atom stereocenters. The molecule has 1 N–H and O–H groups in total. The Kier molecular flexibility index (Phi) is 4.40. The fourth-order valence-corrected chi connectivity index (χ4v) is 1.52. The van der Waals surface area contributed by atoms with Crippen molar-refractivity contribution in [3.05, 3.63) is 24.2 Å². The van der Waals surface area contributed by atoms with Gasteiger partial charge in [0.15, 0.2) is 0 Å². The smallest absolute Gasteiger partial charge is 0.306 e. The topological polar surface area (TPSA) is 50.4 Å². The highest BCUT2D eigenvalue weighted by atomic mass is 16.4. The molecule has 0 amide bonds. The average Bonchev–Trinajstić information content (AvgIpc) is 2.63. The third-order valence-electron chi connectivity index (χ3n) is 2.47. The van der Waals surface area contributed by atoms with Crippen molar-refractivity contribution in [3.63, 3.8) is 0 Å². The first-order valence-electron chi connectivity index (χ1n) is 5.34. The van der Waals surface area contributed by atoms with Crippen molar-refractivity contribution in [2.45, 2.75) is 33.1 Å². The van der Waals surface area contributed by atoms with E-state index < -0.39 is 5.97 Å². The second kappa shape index (κ2) is 5.59. The Bertz CT molecular complexity index is 288. The van der Waals surface area contributed by atoms with Gasteiger partial charge in [-0.25, -0.2) is 0 Å². The fraction of sp³-hybridized carbons (Fsp3) is 0.583. The molecule has 15 heavy (non-hydrogen) atoms. The van der Waals surface area contributed by atoms with Gasteiger partial charge in [-0.2, -0.15) is 0 Å². The van der Waals surface area contributed by atoms with Crippen LogP contribution in [-0.2, 0) is 11.2 Å². The molecule has 0 saturated heterocycles. The van der Waals surface area contributed by atoms with Gasteiger partial charge in [-0.15, -0.1) is 0 Å². The molecule has 0 aliphatic heterocycles. The Morgan fingerprint density at radius 1 is 1.47 bits per heavy atom. The number of furan rings is 1. The van der Waals surface area contributed by atoms with E-state index >= 15 is 0 Å². The van der Waals surface area contributed by atoms with Crippen molar-refractivity contribution in [1.82, 2.24) is 0 Å². The van der Waals surface area contributed by atoms with Crippen LogP contribution in [0.25, 0.3) is 0 Å². The predicted octanol–water partition coefficient (Wildman–Crippen LogP) is 2.96. The van der Waals surface area contributed by atoms with E-state index in [0.29, 0.717) is 18.8 Å². The Morgan fingerprint density at radius 2 is 2.20 bits per heavy atom. The minimum absolute atomic E-state index is 0.321. The van der Waals surface area contributed by atoms with Gasteiger partial charge in [0.1, 0.15) is 5.76 Å². The van der Waals surface area contributed by atoms with Gasteiger partial charge >= 0.3 is 5.97 Å². The highest BCUT2D eigenvalue weighted by Crippen LogP contribution is 2.17. The second-order valence-electron chi connectivity index (χ2n) is 4.29. The summed E-state index contributed by atoms with van der Waals surface area (Å²) in [5.41, 5.74) is 0. The number of carboxylic acid groups (broad SMARTS) is 1. The SMILES string of the molecule is CC(C)CCC(Cc1ccco1)C(=O)O. The summed E-state index contributed by atoms with van der Waals surface area (Å²) in [4.78, 5) is 11.0. The van der Waals surface area contributed by atoms with E-state index in [2.05, 4.69) is 13.8 Å². The number of carboxylic acids is 1. The van der Waals surface area contributed by atoms with Crippen LogP contribution in [0.5, 0.6) is 0 Å². The van der Waals surface area contributed by atoms with Crippen molar-refractivity contribution in [1.29, 1.82) is 0 Å². The molecule has 1 heterocycles. The van der Waals surface area contributed by atoms with Gasteiger partial charge in [0.05, 0.1) is 12.2 Å². The van der Waals surface area contributed by atoms with Crippen LogP contribution >= 0.6 is 0 Å². The van der Waals surface area contributed by atoms with Crippen molar-refractivity contribution < 1.29 is 14.3 Å². The molecule has 0 aliphatic carbocycles. The Hall–Kier alpha value is -1.25. The lowest BCUT2D eigenvalue weighted by Gasteiger charge is -2.12. The Labute approximate surface area is 90.1 Å². The molecular formula is C12H18O3. The lowest BCUT2D eigenvalue weighted by molar-refractivity contribution is -0.142. The predicted molar refractivity (Wildman–Crippen MR) is 57.6 cm³/mol. The molecule has 1 aromatic rings. The molecule has 0 aliphatic rings. The minimum atomic E-state index is -0.730. The third-order valence-corrected chi connectivity index (χ3v) is 2.47. The number of rotatable bonds is 6. The maximum atomic E-state index is 11.0. The molecule has 1 unspecified atom stereocenters. The Balaban J connectivity index is 2.47. The summed E-state index contributed by atoms with van der Waals surface area (Å²) in [6.07, 6.45) is 3.73. The van der Waals surface area contributed by atoms with Gasteiger partial charge in [0, 0.05) is 6.42 Å². The molecule has 0 radical (unpaired) electrons. The fourth-order valence-electron chi connectivity index (χ4n) is 1.52. The summed E-state index contributed by atoms with van der Waals surface area (Å²) in [5.74, 6) is 0.250. The van der Waals surface area contributed by atoms with Crippen LogP contribution in [-0.4, -0.2) is 11.1 Å². The molecular weight excluding hydrogens is 192 g/mol. The standard InChI is InChI=1S/C12H18O3/c1-9(2)5-6-10(12(13)14)8-11-4-3-7-15-11/h3-4,7,9-10H,5-6,8H2,1-2H3,(H,13,14). The van der Waals surface area contributed by atoms with E-state index in [4.69, 9.17) is 9.52 Å². The van der Waals surface area contributed by atoms with Crippen LogP contribution in [0.3, 0.4) is 0 Å². The molecule has 0 spiro atoms. The van der Waals surface area contributed by atoms with E-state index in [-0.39, 0.29) is 5.92 Å². The van der Waals surface area contributed by atoms with Crippen molar-refractivity contribution in [2.75, 3.05) is 0 Å². The zero-order valence-electron chi connectivity index (χ0n) is 9.27. The van der Waals surface area contributed by atoms with Crippen LogP contribution in [0.15, 0.2) is 22.8 Å². The van der Waals surface area contributed by atoms with E-state index in [1.807, 2.05) is 6.07 Å². The van der Waals surface area contributed by atoms with Crippen molar-refractivity contribution in [3.8, 4) is 0 Å². The molecule has 3 nitrogen and oxygen atoms in total. The molecule has 0 saturated carbocycles. The van der Waals surface area contributed by atoms with Crippen molar-refractivity contribution >= 4 is 5.97 Å². The lowest BCUT2D eigenvalue weighted by atomic mass is 9.94. The summed E-state index contributed by atoms with van der Waals surface area (Å²) in [7, 11) is 0. The third kappa shape index (κ3) is 4.19. The van der Waals surface area contributed by atoms with Gasteiger partial charge in [0.2, 0.25) is 0 Å². The van der Waals surface area contributed by atoms with Crippen LogP contribution < -0.4 is 0 Å². The van der Waals surface area contributed by atoms with Crippen LogP contribution in [0, 0.1) is 11.8 Å². The van der Waals surface area contributed by atoms with Gasteiger partial charge in [-0.3, -0.25) is 4.79 Å². The number of aliphatic carboxylic acids is 1. The molecule has 1 rings (SSSR count). The first-order valence-corrected chi connectivity index (χ1v) is 5.34. The van der Waals surface area contributed by atoms with Gasteiger partial charge in [-0.05, 0) is 24.5 Å². The highest BCUT2D eigenvalue weighted by molar-refractivity contribution is 5.70. The highest BCUT2D eigenvalue weighted by Gasteiger charge is 2.19. The quantitative estimate of drug-likeness (QED) is 0.785. The van der Waals surface area contributed by atoms with Crippen molar-refractivity contribution in [2.24, 2.45) is 11.8 Å². The zero-order chi connectivity index (χ0) is 11.3. The summed E-state index contributed by atoms with van der Waals surface area (Å²) >= 11 is 0. The van der Waals surface area contributed by atoms with E-state index in [1.54, 1.807) is 12.3 Å². The van der Waals surface area contributed by atoms with E-state index in [9.17, 15) is 4.79 Å². The largest absolute Gasteiger partial charge is 0.481 e. The maximum Gasteiger partial charge on any atom is 0.306 e. The van der Waals surface area contributed by atoms with Gasteiger partial charge < -0.3 is 9.52 Å². The molecule has 0 fully saturated rings.